The van der Waals surface area contributed by atoms with E-state index >= 15 is 0 Å². The second-order valence-corrected chi connectivity index (χ2v) is 6.35. The van der Waals surface area contributed by atoms with E-state index in [2.05, 4.69) is 10.4 Å². The molecule has 0 unspecified atom stereocenters. The van der Waals surface area contributed by atoms with Crippen LogP contribution in [0.3, 0.4) is 0 Å². The standard InChI is InChI=1S/C18H20F3N3O2/c1-12-4-2-3-5-15(12)26-11-17(25)22-8-9-24-14(13-6-7-13)10-16(23-24)18(19,20)21/h2-5,10,13H,6-9,11H2,1H3,(H,22,25). The molecule has 8 heteroatoms. The van der Waals surface area contributed by atoms with Crippen molar-refractivity contribution in [1.29, 1.82) is 0 Å². The van der Waals surface area contributed by atoms with Crippen molar-refractivity contribution in [2.24, 2.45) is 0 Å². The lowest BCUT2D eigenvalue weighted by molar-refractivity contribution is -0.141. The predicted molar refractivity (Wildman–Crippen MR) is 88.9 cm³/mol. The number of carbonyl (C=O) groups excluding carboxylic acids is 1. The van der Waals surface area contributed by atoms with Crippen molar-refractivity contribution in [3.8, 4) is 5.75 Å². The van der Waals surface area contributed by atoms with Crippen molar-refractivity contribution in [1.82, 2.24) is 15.1 Å². The molecule has 0 atom stereocenters. The monoisotopic (exact) mass is 367 g/mol. The highest BCUT2D eigenvalue weighted by molar-refractivity contribution is 5.77. The Bertz CT molecular complexity index is 782. The third-order valence-electron chi connectivity index (χ3n) is 4.20. The van der Waals surface area contributed by atoms with Crippen LogP contribution in [-0.4, -0.2) is 28.8 Å². The summed E-state index contributed by atoms with van der Waals surface area (Å²) in [6, 6.07) is 8.45. The molecule has 1 aromatic carbocycles. The fourth-order valence-corrected chi connectivity index (χ4v) is 2.67. The second kappa shape index (κ2) is 7.39. The van der Waals surface area contributed by atoms with E-state index in [1.54, 1.807) is 6.07 Å². The van der Waals surface area contributed by atoms with Crippen LogP contribution in [0, 0.1) is 6.92 Å². The Morgan fingerprint density at radius 3 is 2.73 bits per heavy atom. The van der Waals surface area contributed by atoms with Gasteiger partial charge in [-0.05, 0) is 37.5 Å². The fraction of sp³-hybridized carbons (Fsp3) is 0.444. The lowest BCUT2D eigenvalue weighted by atomic mass is 10.2. The molecule has 1 aliphatic carbocycles. The molecule has 1 aliphatic rings. The van der Waals surface area contributed by atoms with Crippen LogP contribution in [0.4, 0.5) is 13.2 Å². The van der Waals surface area contributed by atoms with Crippen LogP contribution < -0.4 is 10.1 Å². The number of para-hydroxylation sites is 1. The van der Waals surface area contributed by atoms with Crippen LogP contribution in [0.2, 0.25) is 0 Å². The zero-order valence-electron chi connectivity index (χ0n) is 14.3. The maximum absolute atomic E-state index is 12.8. The van der Waals surface area contributed by atoms with Gasteiger partial charge in [0.25, 0.3) is 5.91 Å². The van der Waals surface area contributed by atoms with Crippen LogP contribution in [0.5, 0.6) is 5.75 Å². The van der Waals surface area contributed by atoms with Gasteiger partial charge in [0.05, 0.1) is 6.54 Å². The van der Waals surface area contributed by atoms with E-state index in [1.807, 2.05) is 25.1 Å². The molecule has 1 aromatic heterocycles. The Hall–Kier alpha value is -2.51. The second-order valence-electron chi connectivity index (χ2n) is 6.35. The van der Waals surface area contributed by atoms with E-state index < -0.39 is 11.9 Å². The highest BCUT2D eigenvalue weighted by Crippen LogP contribution is 2.42. The maximum atomic E-state index is 12.8. The van der Waals surface area contributed by atoms with Crippen molar-refractivity contribution in [2.75, 3.05) is 13.2 Å². The van der Waals surface area contributed by atoms with Gasteiger partial charge in [0.1, 0.15) is 5.75 Å². The molecule has 1 amide bonds. The van der Waals surface area contributed by atoms with E-state index in [-0.39, 0.29) is 31.5 Å². The quantitative estimate of drug-likeness (QED) is 0.817. The summed E-state index contributed by atoms with van der Waals surface area (Å²) in [7, 11) is 0. The summed E-state index contributed by atoms with van der Waals surface area (Å²) in [5.41, 5.74) is 0.627. The van der Waals surface area contributed by atoms with Gasteiger partial charge in [0.2, 0.25) is 0 Å². The minimum atomic E-state index is -4.46. The number of nitrogens with one attached hydrogen (secondary N) is 1. The SMILES string of the molecule is Cc1ccccc1OCC(=O)NCCn1nc(C(F)(F)F)cc1C1CC1. The Morgan fingerprint density at radius 1 is 1.35 bits per heavy atom. The maximum Gasteiger partial charge on any atom is 0.435 e. The first-order valence-corrected chi connectivity index (χ1v) is 8.44. The molecule has 0 saturated heterocycles. The molecule has 1 N–H and O–H groups in total. The minimum Gasteiger partial charge on any atom is -0.484 e. The number of rotatable bonds is 7. The number of benzene rings is 1. The minimum absolute atomic E-state index is 0.138. The summed E-state index contributed by atoms with van der Waals surface area (Å²) in [6.45, 7) is 2.11. The van der Waals surface area contributed by atoms with E-state index in [9.17, 15) is 18.0 Å². The average molecular weight is 367 g/mol. The van der Waals surface area contributed by atoms with Gasteiger partial charge in [-0.15, -0.1) is 0 Å². The molecule has 140 valence electrons. The lowest BCUT2D eigenvalue weighted by Gasteiger charge is -2.10. The van der Waals surface area contributed by atoms with Crippen LogP contribution in [0.15, 0.2) is 30.3 Å². The van der Waals surface area contributed by atoms with Crippen molar-refractivity contribution >= 4 is 5.91 Å². The van der Waals surface area contributed by atoms with Gasteiger partial charge in [-0.3, -0.25) is 9.48 Å². The predicted octanol–water partition coefficient (Wildman–Crippen LogP) is 3.28. The van der Waals surface area contributed by atoms with Gasteiger partial charge < -0.3 is 10.1 Å². The number of hydrogen-bond donors (Lipinski definition) is 1. The van der Waals surface area contributed by atoms with Crippen molar-refractivity contribution < 1.29 is 22.7 Å². The number of nitrogens with zero attached hydrogens (tertiary/aromatic N) is 2. The lowest BCUT2D eigenvalue weighted by Crippen LogP contribution is -2.32. The molecular formula is C18H20F3N3O2. The molecule has 26 heavy (non-hydrogen) atoms. The number of halogens is 3. The number of aryl methyl sites for hydroxylation is 1. The molecule has 1 heterocycles. The zero-order chi connectivity index (χ0) is 18.7. The first-order chi connectivity index (χ1) is 12.3. The number of carbonyl (C=O) groups is 1. The van der Waals surface area contributed by atoms with Gasteiger partial charge >= 0.3 is 6.18 Å². The van der Waals surface area contributed by atoms with E-state index in [4.69, 9.17) is 4.74 Å². The van der Waals surface area contributed by atoms with E-state index in [1.165, 1.54) is 4.68 Å². The number of hydrogen-bond acceptors (Lipinski definition) is 3. The smallest absolute Gasteiger partial charge is 0.435 e. The van der Waals surface area contributed by atoms with Crippen LogP contribution >= 0.6 is 0 Å². The first-order valence-electron chi connectivity index (χ1n) is 8.44. The Morgan fingerprint density at radius 2 is 2.08 bits per heavy atom. The summed E-state index contributed by atoms with van der Waals surface area (Å²) in [6.07, 6.45) is -2.71. The summed E-state index contributed by atoms with van der Waals surface area (Å²) in [5.74, 6) is 0.434. The number of ether oxygens (including phenoxy) is 1. The highest BCUT2D eigenvalue weighted by atomic mass is 19.4. The third-order valence-corrected chi connectivity index (χ3v) is 4.20. The number of aromatic nitrogens is 2. The fourth-order valence-electron chi connectivity index (χ4n) is 2.67. The van der Waals surface area contributed by atoms with Crippen LogP contribution in [0.1, 0.15) is 35.7 Å². The van der Waals surface area contributed by atoms with Gasteiger partial charge in [-0.25, -0.2) is 0 Å². The molecule has 0 radical (unpaired) electrons. The normalized spacial score (nSPS) is 14.3. The molecule has 0 spiro atoms. The zero-order valence-corrected chi connectivity index (χ0v) is 14.3. The molecule has 0 bridgehead atoms. The average Bonchev–Trinajstić information content (AvgIpc) is 3.33. The summed E-state index contributed by atoms with van der Waals surface area (Å²) in [4.78, 5) is 11.9. The van der Waals surface area contributed by atoms with Gasteiger partial charge in [0, 0.05) is 18.2 Å². The van der Waals surface area contributed by atoms with Crippen LogP contribution in [0.25, 0.3) is 0 Å². The summed E-state index contributed by atoms with van der Waals surface area (Å²) in [5, 5.41) is 6.30. The van der Waals surface area contributed by atoms with Gasteiger partial charge in [0.15, 0.2) is 12.3 Å². The van der Waals surface area contributed by atoms with Crippen molar-refractivity contribution in [3.05, 3.63) is 47.3 Å². The molecule has 2 aromatic rings. The van der Waals surface area contributed by atoms with Crippen LogP contribution in [-0.2, 0) is 17.5 Å². The Balaban J connectivity index is 1.51. The van der Waals surface area contributed by atoms with Crippen molar-refractivity contribution in [3.63, 3.8) is 0 Å². The molecule has 0 aliphatic heterocycles. The van der Waals surface area contributed by atoms with Crippen molar-refractivity contribution in [2.45, 2.75) is 38.4 Å². The van der Waals surface area contributed by atoms with Gasteiger partial charge in [-0.2, -0.15) is 18.3 Å². The third kappa shape index (κ3) is 4.56. The molecule has 3 rings (SSSR count). The summed E-state index contributed by atoms with van der Waals surface area (Å²) >= 11 is 0. The highest BCUT2D eigenvalue weighted by Gasteiger charge is 2.37. The van der Waals surface area contributed by atoms with E-state index in [0.717, 1.165) is 24.5 Å². The molecular weight excluding hydrogens is 347 g/mol. The number of amides is 1. The number of alkyl halides is 3. The Labute approximate surface area is 149 Å². The topological polar surface area (TPSA) is 56.1 Å². The largest absolute Gasteiger partial charge is 0.484 e. The molecule has 1 fully saturated rings. The van der Waals surface area contributed by atoms with Gasteiger partial charge in [-0.1, -0.05) is 18.2 Å². The Kier molecular flexibility index (Phi) is 5.20. The summed E-state index contributed by atoms with van der Waals surface area (Å²) < 4.78 is 45.3. The molecule has 5 nitrogen and oxygen atoms in total. The molecule has 1 saturated carbocycles. The van der Waals surface area contributed by atoms with E-state index in [0.29, 0.717) is 11.4 Å². The first kappa shape index (κ1) is 18.3.